The van der Waals surface area contributed by atoms with Crippen molar-refractivity contribution in [2.45, 2.75) is 57.7 Å². The van der Waals surface area contributed by atoms with Crippen molar-refractivity contribution in [3.63, 3.8) is 0 Å². The van der Waals surface area contributed by atoms with E-state index >= 15 is 0 Å². The minimum atomic E-state index is 0.224. The van der Waals surface area contributed by atoms with Gasteiger partial charge < -0.3 is 5.73 Å². The molecule has 2 aliphatic rings. The Morgan fingerprint density at radius 3 is 2.50 bits per heavy atom. The van der Waals surface area contributed by atoms with Gasteiger partial charge in [0.05, 0.1) is 6.04 Å². The molecule has 2 atom stereocenters. The number of nitrogens with zero attached hydrogens (tertiary/aromatic N) is 1. The third-order valence-electron chi connectivity index (χ3n) is 4.09. The van der Waals surface area contributed by atoms with Crippen molar-refractivity contribution in [2.24, 2.45) is 11.7 Å². The Kier molecular flexibility index (Phi) is 3.48. The summed E-state index contributed by atoms with van der Waals surface area (Å²) >= 11 is 1.92. The first kappa shape index (κ1) is 12.6. The molecule has 3 heteroatoms. The maximum atomic E-state index is 6.31. The van der Waals surface area contributed by atoms with Crippen LogP contribution in [0.3, 0.4) is 0 Å². The van der Waals surface area contributed by atoms with E-state index in [0.29, 0.717) is 6.04 Å². The van der Waals surface area contributed by atoms with Gasteiger partial charge in [-0.3, -0.25) is 4.90 Å². The Hall–Kier alpha value is -0.380. The third kappa shape index (κ3) is 2.79. The number of aryl methyl sites for hydroxylation is 1. The summed E-state index contributed by atoms with van der Waals surface area (Å²) in [5, 5.41) is 0. The Morgan fingerprint density at radius 1 is 1.33 bits per heavy atom. The van der Waals surface area contributed by atoms with Gasteiger partial charge >= 0.3 is 0 Å². The molecule has 18 heavy (non-hydrogen) atoms. The largest absolute Gasteiger partial charge is 0.326 e. The number of thiophene rings is 1. The van der Waals surface area contributed by atoms with Gasteiger partial charge in [-0.1, -0.05) is 0 Å². The first-order chi connectivity index (χ1) is 8.65. The van der Waals surface area contributed by atoms with Crippen molar-refractivity contribution in [1.29, 1.82) is 0 Å². The standard InChI is InChI=1S/C15H24N2S/c1-10-3-8-14(18-10)15(11(2)16)17(13-6-7-13)9-12-4-5-12/h3,8,11-13,15H,4-7,9,16H2,1-2H3. The summed E-state index contributed by atoms with van der Waals surface area (Å²) in [4.78, 5) is 5.58. The lowest BCUT2D eigenvalue weighted by atomic mass is 10.1. The molecule has 1 aromatic rings. The Morgan fingerprint density at radius 2 is 2.06 bits per heavy atom. The molecular formula is C15H24N2S. The number of nitrogens with two attached hydrogens (primary N) is 1. The fraction of sp³-hybridized carbons (Fsp3) is 0.733. The minimum Gasteiger partial charge on any atom is -0.326 e. The molecule has 0 bridgehead atoms. The molecule has 0 radical (unpaired) electrons. The molecule has 0 aromatic carbocycles. The van der Waals surface area contributed by atoms with Crippen LogP contribution in [0.25, 0.3) is 0 Å². The van der Waals surface area contributed by atoms with Gasteiger partial charge in [-0.2, -0.15) is 0 Å². The van der Waals surface area contributed by atoms with E-state index in [0.717, 1.165) is 12.0 Å². The maximum Gasteiger partial charge on any atom is 0.0593 e. The predicted molar refractivity (Wildman–Crippen MR) is 77.9 cm³/mol. The van der Waals surface area contributed by atoms with E-state index in [1.165, 1.54) is 42.0 Å². The van der Waals surface area contributed by atoms with Crippen LogP contribution >= 0.6 is 11.3 Å². The van der Waals surface area contributed by atoms with E-state index in [1.807, 2.05) is 11.3 Å². The number of hydrogen-bond donors (Lipinski definition) is 1. The third-order valence-corrected chi connectivity index (χ3v) is 5.16. The van der Waals surface area contributed by atoms with Gasteiger partial charge in [0, 0.05) is 28.4 Å². The lowest BCUT2D eigenvalue weighted by Crippen LogP contribution is -2.41. The fourth-order valence-electron chi connectivity index (χ4n) is 2.83. The Balaban J connectivity index is 1.81. The van der Waals surface area contributed by atoms with E-state index in [-0.39, 0.29) is 6.04 Å². The molecule has 2 saturated carbocycles. The zero-order valence-electron chi connectivity index (χ0n) is 11.4. The minimum absolute atomic E-state index is 0.224. The first-order valence-corrected chi connectivity index (χ1v) is 8.04. The molecule has 2 aliphatic carbocycles. The highest BCUT2D eigenvalue weighted by Gasteiger charge is 2.39. The first-order valence-electron chi connectivity index (χ1n) is 7.23. The lowest BCUT2D eigenvalue weighted by Gasteiger charge is -2.34. The molecule has 0 amide bonds. The SMILES string of the molecule is Cc1ccc(C(C(C)N)N(CC2CC2)C2CC2)s1. The molecule has 0 saturated heterocycles. The molecule has 1 aromatic heterocycles. The summed E-state index contributed by atoms with van der Waals surface area (Å²) < 4.78 is 0. The second-order valence-electron chi connectivity index (χ2n) is 6.12. The number of rotatable bonds is 6. The summed E-state index contributed by atoms with van der Waals surface area (Å²) in [6.07, 6.45) is 5.61. The van der Waals surface area contributed by atoms with Crippen LogP contribution in [0.4, 0.5) is 0 Å². The van der Waals surface area contributed by atoms with Crippen molar-refractivity contribution < 1.29 is 0 Å². The van der Waals surface area contributed by atoms with Crippen LogP contribution in [-0.4, -0.2) is 23.5 Å². The van der Waals surface area contributed by atoms with Crippen molar-refractivity contribution in [3.8, 4) is 0 Å². The molecule has 0 aliphatic heterocycles. The van der Waals surface area contributed by atoms with Crippen LogP contribution in [0, 0.1) is 12.8 Å². The Bertz CT molecular complexity index is 404. The molecule has 2 fully saturated rings. The van der Waals surface area contributed by atoms with Crippen molar-refractivity contribution in [2.75, 3.05) is 6.54 Å². The summed E-state index contributed by atoms with van der Waals surface area (Å²) in [5.41, 5.74) is 6.31. The van der Waals surface area contributed by atoms with Gasteiger partial charge in [0.25, 0.3) is 0 Å². The number of hydrogen-bond acceptors (Lipinski definition) is 3. The molecule has 3 rings (SSSR count). The zero-order valence-corrected chi connectivity index (χ0v) is 12.2. The maximum absolute atomic E-state index is 6.31. The van der Waals surface area contributed by atoms with Crippen molar-refractivity contribution in [1.82, 2.24) is 4.90 Å². The van der Waals surface area contributed by atoms with Crippen molar-refractivity contribution in [3.05, 3.63) is 21.9 Å². The molecule has 1 heterocycles. The average molecular weight is 264 g/mol. The molecular weight excluding hydrogens is 240 g/mol. The lowest BCUT2D eigenvalue weighted by molar-refractivity contribution is 0.161. The van der Waals surface area contributed by atoms with Gasteiger partial charge in [0.1, 0.15) is 0 Å². The summed E-state index contributed by atoms with van der Waals surface area (Å²) in [6, 6.07) is 6.00. The van der Waals surface area contributed by atoms with Gasteiger partial charge in [-0.15, -0.1) is 11.3 Å². The van der Waals surface area contributed by atoms with Crippen LogP contribution in [0.1, 0.15) is 48.4 Å². The quantitative estimate of drug-likeness (QED) is 0.854. The summed E-state index contributed by atoms with van der Waals surface area (Å²) in [7, 11) is 0. The second-order valence-corrected chi connectivity index (χ2v) is 7.44. The smallest absolute Gasteiger partial charge is 0.0593 e. The molecule has 2 nitrogen and oxygen atoms in total. The highest BCUT2D eigenvalue weighted by atomic mass is 32.1. The topological polar surface area (TPSA) is 29.3 Å². The summed E-state index contributed by atoms with van der Waals surface area (Å²) in [5.74, 6) is 0.952. The molecule has 100 valence electrons. The Labute approximate surface area is 114 Å². The van der Waals surface area contributed by atoms with Gasteiger partial charge in [-0.05, 0) is 57.6 Å². The molecule has 2 N–H and O–H groups in total. The van der Waals surface area contributed by atoms with Crippen LogP contribution in [0.15, 0.2) is 12.1 Å². The van der Waals surface area contributed by atoms with E-state index in [2.05, 4.69) is 30.9 Å². The predicted octanol–water partition coefficient (Wildman–Crippen LogP) is 3.32. The van der Waals surface area contributed by atoms with Crippen LogP contribution in [0.2, 0.25) is 0 Å². The van der Waals surface area contributed by atoms with Gasteiger partial charge in [-0.25, -0.2) is 0 Å². The van der Waals surface area contributed by atoms with Gasteiger partial charge in [0.2, 0.25) is 0 Å². The van der Waals surface area contributed by atoms with Crippen LogP contribution in [-0.2, 0) is 0 Å². The van der Waals surface area contributed by atoms with E-state index in [9.17, 15) is 0 Å². The van der Waals surface area contributed by atoms with E-state index in [1.54, 1.807) is 0 Å². The molecule has 0 spiro atoms. The monoisotopic (exact) mass is 264 g/mol. The van der Waals surface area contributed by atoms with Crippen LogP contribution < -0.4 is 5.73 Å². The van der Waals surface area contributed by atoms with Crippen molar-refractivity contribution >= 4 is 11.3 Å². The second kappa shape index (κ2) is 4.95. The molecule has 2 unspecified atom stereocenters. The average Bonchev–Trinajstić information content (AvgIpc) is 3.19. The van der Waals surface area contributed by atoms with E-state index in [4.69, 9.17) is 5.73 Å². The van der Waals surface area contributed by atoms with Gasteiger partial charge in [0.15, 0.2) is 0 Å². The van der Waals surface area contributed by atoms with E-state index < -0.39 is 0 Å². The summed E-state index contributed by atoms with van der Waals surface area (Å²) in [6.45, 7) is 5.63. The zero-order chi connectivity index (χ0) is 12.7. The van der Waals surface area contributed by atoms with Crippen LogP contribution in [0.5, 0.6) is 0 Å². The highest BCUT2D eigenvalue weighted by Crippen LogP contribution is 2.41. The highest BCUT2D eigenvalue weighted by molar-refractivity contribution is 7.12. The fourth-order valence-corrected chi connectivity index (χ4v) is 3.95. The normalized spacial score (nSPS) is 23.3.